The minimum absolute atomic E-state index is 0.00103. The Bertz CT molecular complexity index is 900. The summed E-state index contributed by atoms with van der Waals surface area (Å²) in [7, 11) is -1.91. The van der Waals surface area contributed by atoms with Crippen molar-refractivity contribution in [1.82, 2.24) is 4.90 Å². The van der Waals surface area contributed by atoms with Crippen LogP contribution in [0.4, 0.5) is 0 Å². The maximum absolute atomic E-state index is 13.4. The summed E-state index contributed by atoms with van der Waals surface area (Å²) in [6, 6.07) is 32.8. The first kappa shape index (κ1) is 22.5. The Labute approximate surface area is 193 Å². The van der Waals surface area contributed by atoms with Gasteiger partial charge in [0.2, 0.25) is 5.91 Å². The number of amides is 1. The first-order chi connectivity index (χ1) is 15.8. The second-order valence-corrected chi connectivity index (χ2v) is 12.2. The average molecular weight is 443 g/mol. The molecule has 1 heterocycles. The van der Waals surface area contributed by atoms with Gasteiger partial charge in [-0.15, -0.1) is 6.58 Å². The van der Waals surface area contributed by atoms with Crippen LogP contribution >= 0.6 is 7.26 Å². The standard InChI is InChI=1S/C29H33NOP/c1-2-14-25(29(31)30-22-12-13-23-30)21-24-32(26-15-6-3-7-16-26,27-17-8-4-9-18-27)28-19-10-5-11-20-28/h2-11,15-20,25H,1,12-14,21-24H2/q+1. The lowest BCUT2D eigenvalue weighted by atomic mass is 10.0. The van der Waals surface area contributed by atoms with E-state index in [9.17, 15) is 4.79 Å². The smallest absolute Gasteiger partial charge is 0.226 e. The molecule has 0 spiro atoms. The monoisotopic (exact) mass is 442 g/mol. The van der Waals surface area contributed by atoms with E-state index in [1.165, 1.54) is 15.9 Å². The third-order valence-electron chi connectivity index (χ3n) is 6.62. The summed E-state index contributed by atoms with van der Waals surface area (Å²) in [5.74, 6) is 0.316. The van der Waals surface area contributed by atoms with Crippen LogP contribution in [-0.2, 0) is 4.79 Å². The predicted octanol–water partition coefficient (Wildman–Crippen LogP) is 5.19. The van der Waals surface area contributed by atoms with E-state index >= 15 is 0 Å². The molecule has 0 aromatic heterocycles. The fourth-order valence-electron chi connectivity index (χ4n) is 4.97. The number of nitrogens with zero attached hydrogens (tertiary/aromatic N) is 1. The van der Waals surface area contributed by atoms with E-state index in [0.29, 0.717) is 5.91 Å². The topological polar surface area (TPSA) is 20.3 Å². The molecule has 1 saturated heterocycles. The molecule has 2 nitrogen and oxygen atoms in total. The molecule has 3 heteroatoms. The molecule has 164 valence electrons. The Balaban J connectivity index is 1.76. The van der Waals surface area contributed by atoms with E-state index in [1.54, 1.807) is 0 Å². The first-order valence-corrected chi connectivity index (χ1v) is 13.7. The second-order valence-electron chi connectivity index (χ2n) is 8.58. The molecule has 1 aliphatic rings. The molecule has 1 aliphatic heterocycles. The lowest BCUT2D eigenvalue weighted by Crippen LogP contribution is -2.37. The Morgan fingerprint density at radius 3 is 1.66 bits per heavy atom. The van der Waals surface area contributed by atoms with Gasteiger partial charge in [-0.3, -0.25) is 4.79 Å². The zero-order valence-corrected chi connectivity index (χ0v) is 19.7. The van der Waals surface area contributed by atoms with Gasteiger partial charge in [0.1, 0.15) is 23.2 Å². The van der Waals surface area contributed by atoms with Crippen LogP contribution in [0, 0.1) is 5.92 Å². The number of carbonyl (C=O) groups is 1. The number of hydrogen-bond acceptors (Lipinski definition) is 1. The lowest BCUT2D eigenvalue weighted by Gasteiger charge is -2.30. The molecule has 0 aliphatic carbocycles. The fraction of sp³-hybridized carbons (Fsp3) is 0.276. The van der Waals surface area contributed by atoms with Crippen LogP contribution in [0.5, 0.6) is 0 Å². The third-order valence-corrected chi connectivity index (χ3v) is 11.1. The third kappa shape index (κ3) is 4.71. The summed E-state index contributed by atoms with van der Waals surface area (Å²) in [6.45, 7) is 5.78. The maximum Gasteiger partial charge on any atom is 0.226 e. The van der Waals surface area contributed by atoms with E-state index in [2.05, 4.69) is 102 Å². The van der Waals surface area contributed by atoms with Crippen molar-refractivity contribution in [2.75, 3.05) is 19.3 Å². The van der Waals surface area contributed by atoms with Crippen LogP contribution in [0.15, 0.2) is 104 Å². The summed E-state index contributed by atoms with van der Waals surface area (Å²) < 4.78 is 0. The Morgan fingerprint density at radius 1 is 0.812 bits per heavy atom. The van der Waals surface area contributed by atoms with Gasteiger partial charge in [0.15, 0.2) is 0 Å². The SMILES string of the molecule is C=CCC(CC[P+](c1ccccc1)(c1ccccc1)c1ccccc1)C(=O)N1CCCC1. The minimum atomic E-state index is -1.91. The molecule has 3 aromatic carbocycles. The highest BCUT2D eigenvalue weighted by Gasteiger charge is 2.45. The van der Waals surface area contributed by atoms with E-state index in [0.717, 1.165) is 44.9 Å². The van der Waals surface area contributed by atoms with Crippen LogP contribution in [0.2, 0.25) is 0 Å². The highest BCUT2D eigenvalue weighted by molar-refractivity contribution is 7.95. The highest BCUT2D eigenvalue weighted by Crippen LogP contribution is 2.56. The van der Waals surface area contributed by atoms with Gasteiger partial charge < -0.3 is 4.90 Å². The Morgan fingerprint density at radius 2 is 1.25 bits per heavy atom. The van der Waals surface area contributed by atoms with Crippen LogP contribution in [-0.4, -0.2) is 30.1 Å². The van der Waals surface area contributed by atoms with E-state index < -0.39 is 7.26 Å². The zero-order valence-electron chi connectivity index (χ0n) is 18.8. The van der Waals surface area contributed by atoms with Crippen LogP contribution < -0.4 is 15.9 Å². The molecule has 4 rings (SSSR count). The molecule has 3 aromatic rings. The molecule has 32 heavy (non-hydrogen) atoms. The first-order valence-electron chi connectivity index (χ1n) is 11.7. The van der Waals surface area contributed by atoms with Crippen molar-refractivity contribution in [3.8, 4) is 0 Å². The molecule has 1 atom stereocenters. The number of likely N-dealkylation sites (tertiary alicyclic amines) is 1. The van der Waals surface area contributed by atoms with Gasteiger partial charge in [-0.25, -0.2) is 0 Å². The number of carbonyl (C=O) groups excluding carboxylic acids is 1. The quantitative estimate of drug-likeness (QED) is 0.330. The Hall–Kier alpha value is -2.70. The second kappa shape index (κ2) is 10.7. The van der Waals surface area contributed by atoms with Gasteiger partial charge >= 0.3 is 0 Å². The predicted molar refractivity (Wildman–Crippen MR) is 139 cm³/mol. The van der Waals surface area contributed by atoms with E-state index in [4.69, 9.17) is 0 Å². The molecule has 1 unspecified atom stereocenters. The number of benzene rings is 3. The van der Waals surface area contributed by atoms with Gasteiger partial charge in [-0.2, -0.15) is 0 Å². The minimum Gasteiger partial charge on any atom is -0.342 e. The molecular formula is C29H33NOP+. The molecule has 1 amide bonds. The largest absolute Gasteiger partial charge is 0.342 e. The van der Waals surface area contributed by atoms with Gasteiger partial charge in [0.25, 0.3) is 0 Å². The maximum atomic E-state index is 13.4. The summed E-state index contributed by atoms with van der Waals surface area (Å²) in [4.78, 5) is 15.4. The van der Waals surface area contributed by atoms with E-state index in [1.807, 2.05) is 6.08 Å². The van der Waals surface area contributed by atoms with Crippen molar-refractivity contribution in [2.45, 2.75) is 25.7 Å². The number of rotatable bonds is 9. The van der Waals surface area contributed by atoms with Crippen molar-refractivity contribution in [3.05, 3.63) is 104 Å². The van der Waals surface area contributed by atoms with Crippen molar-refractivity contribution < 1.29 is 4.79 Å². The van der Waals surface area contributed by atoms with Crippen molar-refractivity contribution in [2.24, 2.45) is 5.92 Å². The zero-order chi connectivity index (χ0) is 22.2. The van der Waals surface area contributed by atoms with Crippen LogP contribution in [0.3, 0.4) is 0 Å². The van der Waals surface area contributed by atoms with Gasteiger partial charge in [-0.05, 0) is 62.1 Å². The summed E-state index contributed by atoms with van der Waals surface area (Å²) in [5, 5.41) is 4.13. The molecular weight excluding hydrogens is 409 g/mol. The molecule has 0 N–H and O–H groups in total. The van der Waals surface area contributed by atoms with E-state index in [-0.39, 0.29) is 5.92 Å². The molecule has 1 fully saturated rings. The van der Waals surface area contributed by atoms with Gasteiger partial charge in [0, 0.05) is 19.0 Å². The number of hydrogen-bond donors (Lipinski definition) is 0. The van der Waals surface area contributed by atoms with Crippen molar-refractivity contribution in [3.63, 3.8) is 0 Å². The normalized spacial score (nSPS) is 14.8. The summed E-state index contributed by atoms with van der Waals surface area (Å²) >= 11 is 0. The summed E-state index contributed by atoms with van der Waals surface area (Å²) in [6.07, 6.45) is 6.76. The van der Waals surface area contributed by atoms with Crippen LogP contribution in [0.1, 0.15) is 25.7 Å². The molecule has 0 bridgehead atoms. The fourth-order valence-corrected chi connectivity index (χ4v) is 9.38. The van der Waals surface area contributed by atoms with Gasteiger partial charge in [-0.1, -0.05) is 60.7 Å². The highest BCUT2D eigenvalue weighted by atomic mass is 31.2. The Kier molecular flexibility index (Phi) is 7.55. The lowest BCUT2D eigenvalue weighted by molar-refractivity contribution is -0.134. The van der Waals surface area contributed by atoms with Gasteiger partial charge in [0.05, 0.1) is 6.16 Å². The average Bonchev–Trinajstić information content (AvgIpc) is 3.40. The molecule has 0 radical (unpaired) electrons. The van der Waals surface area contributed by atoms with Crippen LogP contribution in [0.25, 0.3) is 0 Å². The van der Waals surface area contributed by atoms with Crippen molar-refractivity contribution >= 4 is 29.1 Å². The molecule has 0 saturated carbocycles. The van der Waals surface area contributed by atoms with Crippen molar-refractivity contribution in [1.29, 1.82) is 0 Å². The summed E-state index contributed by atoms with van der Waals surface area (Å²) in [5.41, 5.74) is 0. The number of allylic oxidation sites excluding steroid dienone is 1.